The van der Waals surface area contributed by atoms with Gasteiger partial charge in [-0.3, -0.25) is 4.90 Å². The Morgan fingerprint density at radius 2 is 2.11 bits per heavy atom. The monoisotopic (exact) mass is 246 g/mol. The molecule has 0 atom stereocenters. The van der Waals surface area contributed by atoms with Crippen LogP contribution in [0.15, 0.2) is 18.2 Å². The van der Waals surface area contributed by atoms with Crippen LogP contribution in [-0.4, -0.2) is 17.5 Å². The molecule has 0 spiro atoms. The highest BCUT2D eigenvalue weighted by Crippen LogP contribution is 2.25. The summed E-state index contributed by atoms with van der Waals surface area (Å²) in [5, 5.41) is 8.87. The lowest BCUT2D eigenvalue weighted by Gasteiger charge is -2.27. The van der Waals surface area contributed by atoms with Gasteiger partial charge in [-0.05, 0) is 37.6 Å². The Morgan fingerprint density at radius 3 is 2.72 bits per heavy atom. The molecule has 0 radical (unpaired) electrons. The van der Waals surface area contributed by atoms with Crippen LogP contribution in [0, 0.1) is 17.1 Å². The maximum Gasteiger partial charge on any atom is 0.127 e. The first kappa shape index (κ1) is 13.0. The SMILES string of the molecule is CCN(Cc1cc(C#N)ccc1F)C1CCCC1. The second-order valence-corrected chi connectivity index (χ2v) is 4.92. The van der Waals surface area contributed by atoms with E-state index >= 15 is 0 Å². The van der Waals surface area contributed by atoms with Crippen LogP contribution in [-0.2, 0) is 6.54 Å². The molecule has 3 heteroatoms. The van der Waals surface area contributed by atoms with E-state index < -0.39 is 0 Å². The van der Waals surface area contributed by atoms with E-state index in [9.17, 15) is 4.39 Å². The highest BCUT2D eigenvalue weighted by Gasteiger charge is 2.22. The third-order valence-corrected chi connectivity index (χ3v) is 3.80. The van der Waals surface area contributed by atoms with Gasteiger partial charge in [0.15, 0.2) is 0 Å². The molecular weight excluding hydrogens is 227 g/mol. The van der Waals surface area contributed by atoms with Crippen molar-refractivity contribution in [3.63, 3.8) is 0 Å². The van der Waals surface area contributed by atoms with Crippen LogP contribution < -0.4 is 0 Å². The molecular formula is C15H19FN2. The van der Waals surface area contributed by atoms with E-state index in [1.165, 1.54) is 37.8 Å². The molecule has 1 aromatic carbocycles. The van der Waals surface area contributed by atoms with E-state index in [1.54, 1.807) is 6.07 Å². The average molecular weight is 246 g/mol. The largest absolute Gasteiger partial charge is 0.296 e. The minimum Gasteiger partial charge on any atom is -0.296 e. The molecule has 96 valence electrons. The van der Waals surface area contributed by atoms with Gasteiger partial charge in [0.25, 0.3) is 0 Å². The fourth-order valence-corrected chi connectivity index (χ4v) is 2.75. The lowest BCUT2D eigenvalue weighted by molar-refractivity contribution is 0.198. The molecule has 18 heavy (non-hydrogen) atoms. The van der Waals surface area contributed by atoms with Crippen LogP contribution >= 0.6 is 0 Å². The summed E-state index contributed by atoms with van der Waals surface area (Å²) < 4.78 is 13.8. The summed E-state index contributed by atoms with van der Waals surface area (Å²) in [6.45, 7) is 3.66. The van der Waals surface area contributed by atoms with Gasteiger partial charge in [-0.2, -0.15) is 5.26 Å². The summed E-state index contributed by atoms with van der Waals surface area (Å²) in [7, 11) is 0. The van der Waals surface area contributed by atoms with E-state index in [0.29, 0.717) is 23.7 Å². The van der Waals surface area contributed by atoms with Crippen LogP contribution in [0.25, 0.3) is 0 Å². The standard InChI is InChI=1S/C15H19FN2/c1-2-18(14-5-3-4-6-14)11-13-9-12(10-17)7-8-15(13)16/h7-9,14H,2-6,11H2,1H3. The summed E-state index contributed by atoms with van der Waals surface area (Å²) >= 11 is 0. The van der Waals surface area contributed by atoms with Gasteiger partial charge in [-0.25, -0.2) is 4.39 Å². The van der Waals surface area contributed by atoms with E-state index in [0.717, 1.165) is 6.54 Å². The molecule has 0 saturated heterocycles. The van der Waals surface area contributed by atoms with Gasteiger partial charge in [-0.15, -0.1) is 0 Å². The van der Waals surface area contributed by atoms with Crippen molar-refractivity contribution in [3.05, 3.63) is 35.1 Å². The molecule has 1 aromatic rings. The minimum atomic E-state index is -0.203. The molecule has 1 fully saturated rings. The van der Waals surface area contributed by atoms with E-state index in [1.807, 2.05) is 0 Å². The number of nitrogens with zero attached hydrogens (tertiary/aromatic N) is 2. The second kappa shape index (κ2) is 5.97. The summed E-state index contributed by atoms with van der Waals surface area (Å²) in [6.07, 6.45) is 4.99. The molecule has 0 aromatic heterocycles. The van der Waals surface area contributed by atoms with E-state index in [-0.39, 0.29) is 5.82 Å². The van der Waals surface area contributed by atoms with Gasteiger partial charge < -0.3 is 0 Å². The lowest BCUT2D eigenvalue weighted by atomic mass is 10.1. The molecule has 0 unspecified atom stereocenters. The quantitative estimate of drug-likeness (QED) is 0.813. The summed E-state index contributed by atoms with van der Waals surface area (Å²) in [6, 6.07) is 7.26. The van der Waals surface area contributed by atoms with Gasteiger partial charge >= 0.3 is 0 Å². The Morgan fingerprint density at radius 1 is 1.39 bits per heavy atom. The first-order valence-corrected chi connectivity index (χ1v) is 6.67. The number of hydrogen-bond donors (Lipinski definition) is 0. The molecule has 2 nitrogen and oxygen atoms in total. The first-order valence-electron chi connectivity index (χ1n) is 6.67. The third kappa shape index (κ3) is 2.88. The molecule has 1 aliphatic rings. The van der Waals surface area contributed by atoms with Crippen molar-refractivity contribution in [2.24, 2.45) is 0 Å². The van der Waals surface area contributed by atoms with E-state index in [4.69, 9.17) is 5.26 Å². The van der Waals surface area contributed by atoms with Gasteiger partial charge in [0.2, 0.25) is 0 Å². The summed E-state index contributed by atoms with van der Waals surface area (Å²) in [5.41, 5.74) is 1.18. The second-order valence-electron chi connectivity index (χ2n) is 4.92. The maximum atomic E-state index is 13.8. The predicted molar refractivity (Wildman–Crippen MR) is 69.5 cm³/mol. The molecule has 0 heterocycles. The number of rotatable bonds is 4. The van der Waals surface area contributed by atoms with Crippen LogP contribution in [0.5, 0.6) is 0 Å². The van der Waals surface area contributed by atoms with Crippen molar-refractivity contribution < 1.29 is 4.39 Å². The van der Waals surface area contributed by atoms with Crippen LogP contribution in [0.3, 0.4) is 0 Å². The van der Waals surface area contributed by atoms with Gasteiger partial charge in [0, 0.05) is 18.2 Å². The molecule has 0 aliphatic heterocycles. The van der Waals surface area contributed by atoms with Crippen molar-refractivity contribution >= 4 is 0 Å². The minimum absolute atomic E-state index is 0.203. The number of nitriles is 1. The Labute approximate surface area is 108 Å². The fourth-order valence-electron chi connectivity index (χ4n) is 2.75. The zero-order valence-corrected chi connectivity index (χ0v) is 10.8. The van der Waals surface area contributed by atoms with Crippen molar-refractivity contribution in [2.45, 2.75) is 45.2 Å². The Hall–Kier alpha value is -1.40. The highest BCUT2D eigenvalue weighted by molar-refractivity contribution is 5.33. The van der Waals surface area contributed by atoms with Crippen molar-refractivity contribution in [1.29, 1.82) is 5.26 Å². The number of benzene rings is 1. The maximum absolute atomic E-state index is 13.8. The molecule has 1 saturated carbocycles. The van der Waals surface area contributed by atoms with Gasteiger partial charge in [0.1, 0.15) is 5.82 Å². The summed E-state index contributed by atoms with van der Waals surface area (Å²) in [4.78, 5) is 2.33. The van der Waals surface area contributed by atoms with Crippen LogP contribution in [0.1, 0.15) is 43.7 Å². The van der Waals surface area contributed by atoms with Crippen molar-refractivity contribution in [1.82, 2.24) is 4.90 Å². The van der Waals surface area contributed by atoms with E-state index in [2.05, 4.69) is 17.9 Å². The van der Waals surface area contributed by atoms with Crippen molar-refractivity contribution in [2.75, 3.05) is 6.54 Å². The zero-order valence-electron chi connectivity index (χ0n) is 10.8. The van der Waals surface area contributed by atoms with Crippen molar-refractivity contribution in [3.8, 4) is 6.07 Å². The summed E-state index contributed by atoms with van der Waals surface area (Å²) in [5.74, 6) is -0.203. The lowest BCUT2D eigenvalue weighted by Crippen LogP contribution is -2.32. The molecule has 0 amide bonds. The first-order chi connectivity index (χ1) is 8.74. The highest BCUT2D eigenvalue weighted by atomic mass is 19.1. The van der Waals surface area contributed by atoms with Crippen LogP contribution in [0.2, 0.25) is 0 Å². The predicted octanol–water partition coefficient (Wildman–Crippen LogP) is 3.46. The Kier molecular flexibility index (Phi) is 4.33. The zero-order chi connectivity index (χ0) is 13.0. The van der Waals surface area contributed by atoms with Gasteiger partial charge in [0.05, 0.1) is 11.6 Å². The Bertz CT molecular complexity index is 444. The number of halogens is 1. The molecule has 1 aliphatic carbocycles. The topological polar surface area (TPSA) is 27.0 Å². The molecule has 0 N–H and O–H groups in total. The smallest absolute Gasteiger partial charge is 0.127 e. The number of hydrogen-bond acceptors (Lipinski definition) is 2. The molecule has 2 rings (SSSR count). The van der Waals surface area contributed by atoms with Crippen LogP contribution in [0.4, 0.5) is 4.39 Å². The normalized spacial score (nSPS) is 16.1. The average Bonchev–Trinajstić information content (AvgIpc) is 2.91. The van der Waals surface area contributed by atoms with Gasteiger partial charge in [-0.1, -0.05) is 19.8 Å². The molecule has 0 bridgehead atoms. The Balaban J connectivity index is 2.13. The fraction of sp³-hybridized carbons (Fsp3) is 0.533. The third-order valence-electron chi connectivity index (χ3n) is 3.80.